The third-order valence-corrected chi connectivity index (χ3v) is 11.2. The highest BCUT2D eigenvalue weighted by molar-refractivity contribution is 5.71. The summed E-state index contributed by atoms with van der Waals surface area (Å²) < 4.78 is 22.8. The normalized spacial score (nSPS) is 13.3. The molecule has 0 saturated heterocycles. The third-order valence-electron chi connectivity index (χ3n) is 11.2. The molecular formula is C56H100NO8+. The molecule has 0 aromatic rings. The molecule has 2 atom stereocenters. The Morgan fingerprint density at radius 2 is 0.831 bits per heavy atom. The smallest absolute Gasteiger partial charge is 0.361 e. The molecule has 0 aliphatic carbocycles. The molecule has 65 heavy (non-hydrogen) atoms. The molecule has 1 N–H and O–H groups in total. The minimum atomic E-state index is -1.52. The van der Waals surface area contributed by atoms with Crippen LogP contribution in [0.25, 0.3) is 0 Å². The van der Waals surface area contributed by atoms with E-state index < -0.39 is 24.3 Å². The average Bonchev–Trinajstić information content (AvgIpc) is 3.27. The number of carbonyl (C=O) groups is 3. The van der Waals surface area contributed by atoms with E-state index in [-0.39, 0.29) is 32.2 Å². The summed E-state index contributed by atoms with van der Waals surface area (Å²) in [5.41, 5.74) is 0. The van der Waals surface area contributed by atoms with Crippen LogP contribution in [0.3, 0.4) is 0 Å². The maximum atomic E-state index is 12.8. The number of carboxylic acids is 1. The molecule has 2 unspecified atom stereocenters. The van der Waals surface area contributed by atoms with Gasteiger partial charge in [0.1, 0.15) is 13.2 Å². The van der Waals surface area contributed by atoms with Crippen LogP contribution >= 0.6 is 0 Å². The van der Waals surface area contributed by atoms with Crippen molar-refractivity contribution < 1.29 is 42.9 Å². The van der Waals surface area contributed by atoms with E-state index in [1.54, 1.807) is 0 Å². The van der Waals surface area contributed by atoms with Gasteiger partial charge in [-0.3, -0.25) is 9.59 Å². The third kappa shape index (κ3) is 48.7. The second kappa shape index (κ2) is 47.5. The molecule has 0 bridgehead atoms. The number of allylic oxidation sites excluding steroid dienone is 10. The summed E-state index contributed by atoms with van der Waals surface area (Å²) in [6.07, 6.45) is 55.6. The highest BCUT2D eigenvalue weighted by Crippen LogP contribution is 2.14. The maximum Gasteiger partial charge on any atom is 0.361 e. The molecule has 376 valence electrons. The van der Waals surface area contributed by atoms with E-state index in [0.717, 1.165) is 77.0 Å². The summed E-state index contributed by atoms with van der Waals surface area (Å²) in [7, 11) is 5.95. The number of nitrogens with zero attached hydrogens (tertiary/aromatic N) is 1. The van der Waals surface area contributed by atoms with Crippen LogP contribution in [0.15, 0.2) is 60.8 Å². The summed E-state index contributed by atoms with van der Waals surface area (Å²) in [4.78, 5) is 37.3. The van der Waals surface area contributed by atoms with Crippen molar-refractivity contribution in [3.63, 3.8) is 0 Å². The van der Waals surface area contributed by atoms with Gasteiger partial charge in [0.2, 0.25) is 0 Å². The first-order valence-corrected chi connectivity index (χ1v) is 26.5. The van der Waals surface area contributed by atoms with E-state index in [2.05, 4.69) is 74.6 Å². The number of rotatable bonds is 48. The molecule has 9 heteroatoms. The van der Waals surface area contributed by atoms with E-state index in [1.807, 2.05) is 21.1 Å². The molecule has 0 spiro atoms. The Morgan fingerprint density at radius 3 is 1.26 bits per heavy atom. The van der Waals surface area contributed by atoms with Gasteiger partial charge in [0, 0.05) is 12.8 Å². The van der Waals surface area contributed by atoms with Crippen LogP contribution in [0.5, 0.6) is 0 Å². The lowest BCUT2D eigenvalue weighted by Crippen LogP contribution is -2.40. The fraction of sp³-hybridized carbons (Fsp3) is 0.768. The summed E-state index contributed by atoms with van der Waals surface area (Å²) in [6, 6.07) is 0. The van der Waals surface area contributed by atoms with Crippen molar-refractivity contribution in [1.29, 1.82) is 0 Å². The maximum absolute atomic E-state index is 12.8. The Labute approximate surface area is 399 Å². The van der Waals surface area contributed by atoms with Crippen molar-refractivity contribution in [2.45, 2.75) is 232 Å². The predicted octanol–water partition coefficient (Wildman–Crippen LogP) is 14.9. The van der Waals surface area contributed by atoms with Crippen molar-refractivity contribution in [3.8, 4) is 0 Å². The monoisotopic (exact) mass is 915 g/mol. The van der Waals surface area contributed by atoms with E-state index in [0.29, 0.717) is 23.9 Å². The number of likely N-dealkylation sites (N-methyl/N-ethyl adjacent to an activating group) is 1. The van der Waals surface area contributed by atoms with Crippen LogP contribution < -0.4 is 0 Å². The fourth-order valence-corrected chi connectivity index (χ4v) is 7.11. The van der Waals surface area contributed by atoms with Crippen molar-refractivity contribution in [2.24, 2.45) is 0 Å². The largest absolute Gasteiger partial charge is 0.477 e. The zero-order valence-corrected chi connectivity index (χ0v) is 42.6. The predicted molar refractivity (Wildman–Crippen MR) is 272 cm³/mol. The molecule has 0 aromatic heterocycles. The van der Waals surface area contributed by atoms with Gasteiger partial charge in [0.05, 0.1) is 34.4 Å². The lowest BCUT2D eigenvalue weighted by molar-refractivity contribution is -0.870. The summed E-state index contributed by atoms with van der Waals surface area (Å²) >= 11 is 0. The lowest BCUT2D eigenvalue weighted by Gasteiger charge is -2.25. The summed E-state index contributed by atoms with van der Waals surface area (Å²) in [5, 5.41) is 9.68. The van der Waals surface area contributed by atoms with E-state index >= 15 is 0 Å². The highest BCUT2D eigenvalue weighted by atomic mass is 16.7. The molecule has 0 aliphatic heterocycles. The number of hydrogen-bond acceptors (Lipinski definition) is 7. The Morgan fingerprint density at radius 1 is 0.462 bits per heavy atom. The number of aliphatic carboxylic acids is 1. The van der Waals surface area contributed by atoms with Crippen LogP contribution in [0.2, 0.25) is 0 Å². The second-order valence-corrected chi connectivity index (χ2v) is 18.8. The van der Waals surface area contributed by atoms with Crippen molar-refractivity contribution in [3.05, 3.63) is 60.8 Å². The van der Waals surface area contributed by atoms with Gasteiger partial charge in [0.25, 0.3) is 6.29 Å². The van der Waals surface area contributed by atoms with Crippen LogP contribution in [-0.2, 0) is 33.3 Å². The number of quaternary nitrogens is 1. The molecular weight excluding hydrogens is 815 g/mol. The molecule has 0 aliphatic rings. The van der Waals surface area contributed by atoms with Gasteiger partial charge < -0.3 is 28.5 Å². The summed E-state index contributed by atoms with van der Waals surface area (Å²) in [5.74, 6) is -2.03. The molecule has 0 radical (unpaired) electrons. The SMILES string of the molecule is CCCCC/C=C\C/C=C\CCCCCCCCCCCC(=O)OCC(COC(OCC[N+](C)(C)C)C(=O)O)OC(=O)CCCCCCCC/C=C\C/C=C\C/C=C\CCCCCCC. The number of ether oxygens (including phenoxy) is 4. The first kappa shape index (κ1) is 62.0. The van der Waals surface area contributed by atoms with E-state index in [9.17, 15) is 19.5 Å². The Balaban J connectivity index is 4.37. The highest BCUT2D eigenvalue weighted by Gasteiger charge is 2.25. The van der Waals surface area contributed by atoms with Gasteiger partial charge in [-0.2, -0.15) is 0 Å². The Bertz CT molecular complexity index is 1250. The number of carbonyl (C=O) groups excluding carboxylic acids is 2. The Kier molecular flexibility index (Phi) is 45.3. The van der Waals surface area contributed by atoms with E-state index in [4.69, 9.17) is 18.9 Å². The van der Waals surface area contributed by atoms with Gasteiger partial charge in [-0.25, -0.2) is 4.79 Å². The zero-order chi connectivity index (χ0) is 47.7. The van der Waals surface area contributed by atoms with Gasteiger partial charge >= 0.3 is 17.9 Å². The molecule has 0 rings (SSSR count). The number of esters is 2. The standard InChI is InChI=1S/C56H99NO8/c1-6-8-10-12-14-16-18-20-22-24-26-27-29-31-33-35-37-39-41-43-45-47-54(59)65-52(51-64-56(55(60)61)62-49-48-57(3,4)5)50-63-53(58)46-44-42-40-38-36-34-32-30-28-25-23-21-19-17-15-13-11-9-7-2/h15,17-18,20-21,23-24,26,29,31,52,56H,6-14,16,19,22,25,27-28,30,32-51H2,1-5H3/p+1/b17-15-,20-18-,23-21-,26-24-,31-29-. The quantitative estimate of drug-likeness (QED) is 0.0211. The van der Waals surface area contributed by atoms with Crippen LogP contribution in [-0.4, -0.2) is 87.4 Å². The van der Waals surface area contributed by atoms with Crippen molar-refractivity contribution >= 4 is 17.9 Å². The minimum Gasteiger partial charge on any atom is -0.477 e. The average molecular weight is 915 g/mol. The van der Waals surface area contributed by atoms with Crippen LogP contribution in [0.1, 0.15) is 219 Å². The molecule has 0 aromatic carbocycles. The van der Waals surface area contributed by atoms with Gasteiger partial charge in [-0.1, -0.05) is 184 Å². The first-order valence-electron chi connectivity index (χ1n) is 26.5. The molecule has 0 fully saturated rings. The molecule has 0 heterocycles. The molecule has 0 amide bonds. The van der Waals surface area contributed by atoms with Gasteiger partial charge in [0.15, 0.2) is 6.10 Å². The first-order chi connectivity index (χ1) is 31.6. The lowest BCUT2D eigenvalue weighted by atomic mass is 10.1. The van der Waals surface area contributed by atoms with E-state index in [1.165, 1.54) is 109 Å². The fourth-order valence-electron chi connectivity index (χ4n) is 7.11. The zero-order valence-electron chi connectivity index (χ0n) is 42.6. The second-order valence-electron chi connectivity index (χ2n) is 18.8. The number of unbranched alkanes of at least 4 members (excludes halogenated alkanes) is 23. The molecule has 0 saturated carbocycles. The van der Waals surface area contributed by atoms with Crippen LogP contribution in [0, 0.1) is 0 Å². The van der Waals surface area contributed by atoms with Gasteiger partial charge in [-0.05, 0) is 83.5 Å². The molecule has 9 nitrogen and oxygen atoms in total. The van der Waals surface area contributed by atoms with Gasteiger partial charge in [-0.15, -0.1) is 0 Å². The van der Waals surface area contributed by atoms with Crippen LogP contribution in [0.4, 0.5) is 0 Å². The summed E-state index contributed by atoms with van der Waals surface area (Å²) in [6.45, 7) is 4.82. The number of hydrogen-bond donors (Lipinski definition) is 1. The van der Waals surface area contributed by atoms with Crippen molar-refractivity contribution in [1.82, 2.24) is 0 Å². The van der Waals surface area contributed by atoms with Crippen molar-refractivity contribution in [2.75, 3.05) is 47.5 Å². The number of carboxylic acid groups (broad SMARTS) is 1. The topological polar surface area (TPSA) is 108 Å². The minimum absolute atomic E-state index is 0.182. The Hall–Kier alpha value is -3.01.